The van der Waals surface area contributed by atoms with Crippen LogP contribution in [-0.2, 0) is 9.59 Å². The summed E-state index contributed by atoms with van der Waals surface area (Å²) < 4.78 is 0.739. The Bertz CT molecular complexity index is 633. The van der Waals surface area contributed by atoms with E-state index in [2.05, 4.69) is 15.9 Å². The minimum atomic E-state index is -0.698. The number of nitrogens with zero attached hydrogens (tertiary/aromatic N) is 2. The van der Waals surface area contributed by atoms with Gasteiger partial charge in [-0.25, -0.2) is 4.90 Å². The molecule has 1 atom stereocenters. The van der Waals surface area contributed by atoms with Gasteiger partial charge in [0.2, 0.25) is 11.8 Å². The molecule has 0 bridgehead atoms. The highest BCUT2D eigenvalue weighted by Gasteiger charge is 2.50. The molecule has 1 aromatic carbocycles. The first-order valence-corrected chi connectivity index (χ1v) is 7.17. The van der Waals surface area contributed by atoms with E-state index < -0.39 is 5.41 Å². The average molecular weight is 335 g/mol. The summed E-state index contributed by atoms with van der Waals surface area (Å²) in [6.45, 7) is 5.67. The zero-order chi connectivity index (χ0) is 15.1. The first kappa shape index (κ1) is 14.7. The van der Waals surface area contributed by atoms with E-state index in [1.807, 2.05) is 26.8 Å². The molecule has 1 aliphatic heterocycles. The lowest BCUT2D eigenvalue weighted by molar-refractivity contribution is -0.126. The van der Waals surface area contributed by atoms with Crippen LogP contribution in [0.4, 0.5) is 5.69 Å². The van der Waals surface area contributed by atoms with E-state index in [1.54, 1.807) is 18.2 Å². The van der Waals surface area contributed by atoms with Gasteiger partial charge in [0.25, 0.3) is 0 Å². The lowest BCUT2D eigenvalue weighted by Gasteiger charge is -2.26. The van der Waals surface area contributed by atoms with E-state index in [-0.39, 0.29) is 24.2 Å². The Morgan fingerprint density at radius 1 is 1.40 bits per heavy atom. The Kier molecular flexibility index (Phi) is 3.70. The number of hydrogen-bond acceptors (Lipinski definition) is 3. The van der Waals surface area contributed by atoms with Gasteiger partial charge in [-0.2, -0.15) is 5.26 Å². The first-order valence-electron chi connectivity index (χ1n) is 6.38. The lowest BCUT2D eigenvalue weighted by atomic mass is 9.78. The molecule has 1 aliphatic rings. The fraction of sp³-hybridized carbons (Fsp3) is 0.400. The van der Waals surface area contributed by atoms with Crippen molar-refractivity contribution in [2.24, 2.45) is 11.3 Å². The van der Waals surface area contributed by atoms with Crippen LogP contribution in [0.25, 0.3) is 0 Å². The number of benzene rings is 1. The van der Waals surface area contributed by atoms with Crippen LogP contribution < -0.4 is 4.90 Å². The Hall–Kier alpha value is -1.67. The summed E-state index contributed by atoms with van der Waals surface area (Å²) in [6, 6.07) is 7.00. The fourth-order valence-corrected chi connectivity index (χ4v) is 2.69. The number of imide groups is 1. The summed E-state index contributed by atoms with van der Waals surface area (Å²) in [5.74, 6) is -0.411. The number of carbonyl (C=O) groups excluding carboxylic acids is 2. The second-order valence-corrected chi connectivity index (χ2v) is 6.47. The van der Waals surface area contributed by atoms with Crippen molar-refractivity contribution < 1.29 is 9.59 Å². The minimum absolute atomic E-state index is 0.0601. The van der Waals surface area contributed by atoms with Crippen molar-refractivity contribution in [2.45, 2.75) is 27.2 Å². The topological polar surface area (TPSA) is 61.2 Å². The summed E-state index contributed by atoms with van der Waals surface area (Å²) in [6.07, 6.45) is 0.185. The molecule has 0 spiro atoms. The minimum Gasteiger partial charge on any atom is -0.274 e. The number of anilines is 1. The Morgan fingerprint density at radius 2 is 2.05 bits per heavy atom. The van der Waals surface area contributed by atoms with Crippen LogP contribution in [0.5, 0.6) is 0 Å². The molecule has 0 saturated carbocycles. The van der Waals surface area contributed by atoms with E-state index in [9.17, 15) is 14.9 Å². The molecule has 1 fully saturated rings. The highest BCUT2D eigenvalue weighted by molar-refractivity contribution is 9.10. The molecule has 104 valence electrons. The SMILES string of the molecule is CC(C)C1(C)CC(=O)N(c2ccc(Br)cc2C#N)C1=O. The number of nitriles is 1. The molecule has 20 heavy (non-hydrogen) atoms. The van der Waals surface area contributed by atoms with Gasteiger partial charge in [0.1, 0.15) is 6.07 Å². The summed E-state index contributed by atoms with van der Waals surface area (Å²) in [4.78, 5) is 26.0. The normalized spacial score (nSPS) is 22.5. The van der Waals surface area contributed by atoms with Crippen molar-refractivity contribution in [3.63, 3.8) is 0 Å². The van der Waals surface area contributed by atoms with Crippen molar-refractivity contribution in [2.75, 3.05) is 4.90 Å². The van der Waals surface area contributed by atoms with E-state index in [1.165, 1.54) is 0 Å². The van der Waals surface area contributed by atoms with E-state index in [4.69, 9.17) is 0 Å². The second-order valence-electron chi connectivity index (χ2n) is 5.56. The summed E-state index contributed by atoms with van der Waals surface area (Å²) in [5.41, 5.74) is -0.0131. The van der Waals surface area contributed by atoms with Gasteiger partial charge < -0.3 is 0 Å². The van der Waals surface area contributed by atoms with Crippen LogP contribution >= 0.6 is 15.9 Å². The fourth-order valence-electron chi connectivity index (χ4n) is 2.33. The molecule has 1 unspecified atom stereocenters. The smallest absolute Gasteiger partial charge is 0.240 e. The zero-order valence-corrected chi connectivity index (χ0v) is 13.2. The number of amides is 2. The number of rotatable bonds is 2. The Balaban J connectivity index is 2.52. The van der Waals surface area contributed by atoms with Crippen LogP contribution in [0.15, 0.2) is 22.7 Å². The molecular formula is C15H15BrN2O2. The molecule has 5 heteroatoms. The highest BCUT2D eigenvalue weighted by atomic mass is 79.9. The predicted molar refractivity (Wildman–Crippen MR) is 78.9 cm³/mol. The maximum Gasteiger partial charge on any atom is 0.240 e. The van der Waals surface area contributed by atoms with Gasteiger partial charge in [0.05, 0.1) is 16.7 Å². The predicted octanol–water partition coefficient (Wildman–Crippen LogP) is 3.25. The lowest BCUT2D eigenvalue weighted by Crippen LogP contribution is -2.37. The molecule has 1 aromatic rings. The van der Waals surface area contributed by atoms with Crippen LogP contribution in [0.2, 0.25) is 0 Å². The second kappa shape index (κ2) is 5.02. The maximum atomic E-state index is 12.6. The third-order valence-corrected chi connectivity index (χ3v) is 4.55. The monoisotopic (exact) mass is 334 g/mol. The van der Waals surface area contributed by atoms with Gasteiger partial charge in [-0.15, -0.1) is 0 Å². The number of carbonyl (C=O) groups is 2. The van der Waals surface area contributed by atoms with Gasteiger partial charge >= 0.3 is 0 Å². The number of hydrogen-bond donors (Lipinski definition) is 0. The van der Waals surface area contributed by atoms with Gasteiger partial charge in [-0.3, -0.25) is 9.59 Å². The van der Waals surface area contributed by atoms with Gasteiger partial charge in [-0.1, -0.05) is 29.8 Å². The van der Waals surface area contributed by atoms with Crippen LogP contribution in [0, 0.1) is 22.7 Å². The molecule has 2 amide bonds. The van der Waals surface area contributed by atoms with Gasteiger partial charge in [0.15, 0.2) is 0 Å². The molecular weight excluding hydrogens is 320 g/mol. The van der Waals surface area contributed by atoms with Gasteiger partial charge in [-0.05, 0) is 31.0 Å². The van der Waals surface area contributed by atoms with Crippen molar-refractivity contribution in [1.82, 2.24) is 0 Å². The largest absolute Gasteiger partial charge is 0.274 e. The molecule has 0 aromatic heterocycles. The average Bonchev–Trinajstić information content (AvgIpc) is 2.62. The van der Waals surface area contributed by atoms with Crippen molar-refractivity contribution in [3.05, 3.63) is 28.2 Å². The standard InChI is InChI=1S/C15H15BrN2O2/c1-9(2)15(3)7-13(19)18(14(15)20)12-5-4-11(16)6-10(12)8-17/h4-6,9H,7H2,1-3H3. The molecule has 2 rings (SSSR count). The highest BCUT2D eigenvalue weighted by Crippen LogP contribution is 2.42. The Morgan fingerprint density at radius 3 is 2.55 bits per heavy atom. The molecule has 0 radical (unpaired) electrons. The zero-order valence-electron chi connectivity index (χ0n) is 11.6. The van der Waals surface area contributed by atoms with Crippen LogP contribution in [0.3, 0.4) is 0 Å². The third-order valence-electron chi connectivity index (χ3n) is 4.05. The quantitative estimate of drug-likeness (QED) is 0.780. The molecule has 0 N–H and O–H groups in total. The summed E-state index contributed by atoms with van der Waals surface area (Å²) >= 11 is 3.28. The summed E-state index contributed by atoms with van der Waals surface area (Å²) in [7, 11) is 0. The summed E-state index contributed by atoms with van der Waals surface area (Å²) in [5, 5.41) is 9.19. The molecule has 1 saturated heterocycles. The van der Waals surface area contributed by atoms with Crippen LogP contribution in [-0.4, -0.2) is 11.8 Å². The molecule has 1 heterocycles. The van der Waals surface area contributed by atoms with Crippen molar-refractivity contribution >= 4 is 33.4 Å². The third kappa shape index (κ3) is 2.14. The van der Waals surface area contributed by atoms with Crippen LogP contribution in [0.1, 0.15) is 32.8 Å². The molecule has 4 nitrogen and oxygen atoms in total. The first-order chi connectivity index (χ1) is 9.31. The van der Waals surface area contributed by atoms with E-state index in [0.29, 0.717) is 11.3 Å². The van der Waals surface area contributed by atoms with E-state index >= 15 is 0 Å². The van der Waals surface area contributed by atoms with E-state index in [0.717, 1.165) is 9.37 Å². The van der Waals surface area contributed by atoms with Crippen molar-refractivity contribution in [3.8, 4) is 6.07 Å². The molecule has 0 aliphatic carbocycles. The number of halogens is 1. The van der Waals surface area contributed by atoms with Gasteiger partial charge in [0, 0.05) is 10.9 Å². The Labute approximate surface area is 126 Å². The van der Waals surface area contributed by atoms with Crippen molar-refractivity contribution in [1.29, 1.82) is 5.26 Å². The maximum absolute atomic E-state index is 12.6.